The van der Waals surface area contributed by atoms with Crippen molar-refractivity contribution in [2.75, 3.05) is 5.32 Å². The molecule has 0 bridgehead atoms. The number of carbonyl (C=O) groups excluding carboxylic acids is 1. The number of nitrogens with one attached hydrogen (secondary N) is 1. The van der Waals surface area contributed by atoms with Gasteiger partial charge in [-0.25, -0.2) is 0 Å². The molecule has 0 aliphatic heterocycles. The summed E-state index contributed by atoms with van der Waals surface area (Å²) in [5, 5.41) is 6.96. The topological polar surface area (TPSA) is 55.1 Å². The van der Waals surface area contributed by atoms with Crippen LogP contribution in [0.4, 0.5) is 5.69 Å². The van der Waals surface area contributed by atoms with E-state index in [-0.39, 0.29) is 11.6 Å². The number of rotatable bonds is 3. The van der Waals surface area contributed by atoms with E-state index in [4.69, 9.17) is 16.1 Å². The molecule has 1 N–H and O–H groups in total. The fourth-order valence-electron chi connectivity index (χ4n) is 1.87. The highest BCUT2D eigenvalue weighted by Crippen LogP contribution is 2.23. The third kappa shape index (κ3) is 2.95. The molecule has 21 heavy (non-hydrogen) atoms. The summed E-state index contributed by atoms with van der Waals surface area (Å²) >= 11 is 6.00. The van der Waals surface area contributed by atoms with Crippen LogP contribution in [-0.4, -0.2) is 11.1 Å². The number of hydrogen-bond acceptors (Lipinski definition) is 3. The molecule has 0 aliphatic carbocycles. The monoisotopic (exact) mass is 298 g/mol. The Labute approximate surface area is 126 Å². The van der Waals surface area contributed by atoms with E-state index in [9.17, 15) is 4.79 Å². The number of hydrogen-bond donors (Lipinski definition) is 1. The fourth-order valence-corrected chi connectivity index (χ4v) is 2.05. The van der Waals surface area contributed by atoms with E-state index in [2.05, 4.69) is 10.5 Å². The highest BCUT2D eigenvalue weighted by molar-refractivity contribution is 6.33. The first-order chi connectivity index (χ1) is 10.2. The Bertz CT molecular complexity index is 769. The van der Waals surface area contributed by atoms with E-state index in [0.717, 1.165) is 5.56 Å². The molecule has 5 heteroatoms. The van der Waals surface area contributed by atoms with E-state index in [1.54, 1.807) is 30.3 Å². The maximum Gasteiger partial charge on any atom is 0.277 e. The third-order valence-electron chi connectivity index (χ3n) is 2.92. The average molecular weight is 299 g/mol. The summed E-state index contributed by atoms with van der Waals surface area (Å²) < 4.78 is 5.20. The Balaban J connectivity index is 1.80. The van der Waals surface area contributed by atoms with Crippen LogP contribution in [0.3, 0.4) is 0 Å². The molecule has 0 radical (unpaired) electrons. The summed E-state index contributed by atoms with van der Waals surface area (Å²) in [5.74, 6) is 0.175. The lowest BCUT2D eigenvalue weighted by Crippen LogP contribution is -2.12. The third-order valence-corrected chi connectivity index (χ3v) is 3.25. The van der Waals surface area contributed by atoms with Gasteiger partial charge >= 0.3 is 0 Å². The zero-order valence-corrected chi connectivity index (χ0v) is 11.7. The summed E-state index contributed by atoms with van der Waals surface area (Å²) in [6, 6.07) is 18.1. The van der Waals surface area contributed by atoms with E-state index >= 15 is 0 Å². The van der Waals surface area contributed by atoms with Gasteiger partial charge in [0, 0.05) is 11.6 Å². The van der Waals surface area contributed by atoms with Gasteiger partial charge in [0.25, 0.3) is 5.91 Å². The molecule has 3 aromatic rings. The largest absolute Gasteiger partial charge is 0.355 e. The van der Waals surface area contributed by atoms with Crippen molar-refractivity contribution in [1.29, 1.82) is 0 Å². The molecule has 0 fully saturated rings. The molecular formula is C16H11ClN2O2. The molecule has 1 amide bonds. The van der Waals surface area contributed by atoms with Gasteiger partial charge in [-0.2, -0.15) is 0 Å². The molecule has 0 aliphatic rings. The van der Waals surface area contributed by atoms with Crippen molar-refractivity contribution in [2.24, 2.45) is 0 Å². The van der Waals surface area contributed by atoms with Gasteiger partial charge in [-0.3, -0.25) is 4.79 Å². The number of benzene rings is 2. The zero-order chi connectivity index (χ0) is 14.7. The molecule has 2 aromatic carbocycles. The molecule has 0 unspecified atom stereocenters. The number of para-hydroxylation sites is 1. The lowest BCUT2D eigenvalue weighted by molar-refractivity contribution is 0.101. The average Bonchev–Trinajstić information content (AvgIpc) is 3.00. The summed E-state index contributed by atoms with van der Waals surface area (Å²) in [5.41, 5.74) is 1.60. The quantitative estimate of drug-likeness (QED) is 0.786. The Kier molecular flexibility index (Phi) is 3.71. The zero-order valence-electron chi connectivity index (χ0n) is 10.9. The van der Waals surface area contributed by atoms with Crippen LogP contribution in [-0.2, 0) is 0 Å². The van der Waals surface area contributed by atoms with Crippen LogP contribution in [0, 0.1) is 0 Å². The number of aromatic nitrogens is 1. The lowest BCUT2D eigenvalue weighted by atomic mass is 10.1. The molecular weight excluding hydrogens is 288 g/mol. The summed E-state index contributed by atoms with van der Waals surface area (Å²) in [6.45, 7) is 0. The minimum Gasteiger partial charge on any atom is -0.355 e. The summed E-state index contributed by atoms with van der Waals surface area (Å²) in [7, 11) is 0. The Morgan fingerprint density at radius 1 is 1.05 bits per heavy atom. The van der Waals surface area contributed by atoms with Crippen molar-refractivity contribution < 1.29 is 9.32 Å². The van der Waals surface area contributed by atoms with Gasteiger partial charge < -0.3 is 9.84 Å². The molecule has 0 spiro atoms. The maximum absolute atomic E-state index is 12.1. The number of halogens is 1. The van der Waals surface area contributed by atoms with Crippen LogP contribution in [0.15, 0.2) is 65.2 Å². The van der Waals surface area contributed by atoms with E-state index in [1.807, 2.05) is 30.3 Å². The van der Waals surface area contributed by atoms with Crippen molar-refractivity contribution in [1.82, 2.24) is 5.16 Å². The summed E-state index contributed by atoms with van der Waals surface area (Å²) in [4.78, 5) is 12.1. The second-order valence-electron chi connectivity index (χ2n) is 4.38. The van der Waals surface area contributed by atoms with Crippen LogP contribution >= 0.6 is 11.6 Å². The second kappa shape index (κ2) is 5.81. The molecule has 1 aromatic heterocycles. The molecule has 0 atom stereocenters. The number of carbonyl (C=O) groups is 1. The van der Waals surface area contributed by atoms with Crippen molar-refractivity contribution in [3.8, 4) is 11.3 Å². The standard InChI is InChI=1S/C16H11ClN2O2/c17-12-8-4-5-9-13(12)18-16(20)14-10-15(21-19-14)11-6-2-1-3-7-11/h1-10H,(H,18,20). The number of nitrogens with zero attached hydrogens (tertiary/aromatic N) is 1. The Hall–Kier alpha value is -2.59. The molecule has 0 saturated heterocycles. The predicted octanol–water partition coefficient (Wildman–Crippen LogP) is 4.25. The van der Waals surface area contributed by atoms with Gasteiger partial charge in [-0.05, 0) is 12.1 Å². The van der Waals surface area contributed by atoms with Gasteiger partial charge in [-0.15, -0.1) is 0 Å². The van der Waals surface area contributed by atoms with Gasteiger partial charge in [-0.1, -0.05) is 59.2 Å². The van der Waals surface area contributed by atoms with Gasteiger partial charge in [0.1, 0.15) is 0 Å². The second-order valence-corrected chi connectivity index (χ2v) is 4.78. The minimum atomic E-state index is -0.367. The van der Waals surface area contributed by atoms with Gasteiger partial charge in [0.05, 0.1) is 10.7 Å². The van der Waals surface area contributed by atoms with Crippen molar-refractivity contribution >= 4 is 23.2 Å². The molecule has 1 heterocycles. The number of anilines is 1. The van der Waals surface area contributed by atoms with E-state index in [1.165, 1.54) is 0 Å². The Morgan fingerprint density at radius 3 is 2.52 bits per heavy atom. The lowest BCUT2D eigenvalue weighted by Gasteiger charge is -2.03. The molecule has 4 nitrogen and oxygen atoms in total. The first-order valence-electron chi connectivity index (χ1n) is 6.32. The van der Waals surface area contributed by atoms with E-state index < -0.39 is 0 Å². The van der Waals surface area contributed by atoms with Crippen LogP contribution < -0.4 is 5.32 Å². The summed E-state index contributed by atoms with van der Waals surface area (Å²) in [6.07, 6.45) is 0. The number of amides is 1. The van der Waals surface area contributed by atoms with Gasteiger partial charge in [0.15, 0.2) is 11.5 Å². The minimum absolute atomic E-state index is 0.203. The highest BCUT2D eigenvalue weighted by Gasteiger charge is 2.14. The molecule has 3 rings (SSSR count). The van der Waals surface area contributed by atoms with Crippen molar-refractivity contribution in [3.05, 3.63) is 71.4 Å². The Morgan fingerprint density at radius 2 is 1.76 bits per heavy atom. The van der Waals surface area contributed by atoms with Gasteiger partial charge in [0.2, 0.25) is 0 Å². The van der Waals surface area contributed by atoms with Crippen molar-refractivity contribution in [2.45, 2.75) is 0 Å². The van der Waals surface area contributed by atoms with Crippen LogP contribution in [0.2, 0.25) is 5.02 Å². The van der Waals surface area contributed by atoms with E-state index in [0.29, 0.717) is 16.5 Å². The fraction of sp³-hybridized carbons (Fsp3) is 0. The van der Waals surface area contributed by atoms with Crippen molar-refractivity contribution in [3.63, 3.8) is 0 Å². The maximum atomic E-state index is 12.1. The highest BCUT2D eigenvalue weighted by atomic mass is 35.5. The normalized spacial score (nSPS) is 10.3. The molecule has 104 valence electrons. The smallest absolute Gasteiger partial charge is 0.277 e. The first kappa shape index (κ1) is 13.4. The molecule has 0 saturated carbocycles. The SMILES string of the molecule is O=C(Nc1ccccc1Cl)c1cc(-c2ccccc2)on1. The van der Waals surface area contributed by atoms with Crippen LogP contribution in [0.1, 0.15) is 10.5 Å². The van der Waals surface area contributed by atoms with Crippen LogP contribution in [0.5, 0.6) is 0 Å². The van der Waals surface area contributed by atoms with Crippen LogP contribution in [0.25, 0.3) is 11.3 Å². The predicted molar refractivity (Wildman–Crippen MR) is 81.3 cm³/mol. The first-order valence-corrected chi connectivity index (χ1v) is 6.70.